The number of aliphatic hydroxyl groups is 3. The number of nitrogens with one attached hydrogen (secondary N) is 3. The summed E-state index contributed by atoms with van der Waals surface area (Å²) in [6.45, 7) is -3.11. The molecule has 0 radical (unpaired) electrons. The lowest BCUT2D eigenvalue weighted by molar-refractivity contribution is -0.218. The maximum Gasteiger partial charge on any atom is 0.332 e. The Morgan fingerprint density at radius 2 is 0.966 bits per heavy atom. The molecule has 22 nitrogen and oxygen atoms in total. The molecular formula is C36H37N3O19S. The van der Waals surface area contributed by atoms with E-state index in [0.717, 1.165) is 36.4 Å². The Morgan fingerprint density at radius 3 is 1.37 bits per heavy atom. The zero-order valence-corrected chi connectivity index (χ0v) is 31.0. The maximum absolute atomic E-state index is 13.5. The lowest BCUT2D eigenvalue weighted by atomic mass is 9.90. The third-order valence-electron chi connectivity index (χ3n) is 9.09. The van der Waals surface area contributed by atoms with Crippen LogP contribution in [0, 0.1) is 0 Å². The number of phenolic OH excluding ortho intramolecular Hbond substituents is 6. The molecule has 2 aliphatic rings. The number of ether oxygens (including phenoxy) is 4. The Hall–Kier alpha value is -6.53. The molecule has 2 heterocycles. The predicted molar refractivity (Wildman–Crippen MR) is 195 cm³/mol. The van der Waals surface area contributed by atoms with E-state index in [0.29, 0.717) is 0 Å². The standard InChI is InChI=1S/C36H37N3O19S/c40-20-5-1-3-14(23(20)42)31(49)37-17-9-55-34(52)18(38-32(50)15-4-2-6-21(41)24(15)43)10-56-36(54)19(11-57-35(17)53)39-33(51)16-8-7-13(25(44)26(16)45)30-29(48)28(47)27(46)22(12-59)58-30/h1-8,17-19,22,27-30,40-48,59H,9-12H2,(H,37,49)(H,38,50)(H,39,51)/t17?,18?,19?,22-,27-,28+,29-,30+/m1/s1. The van der Waals surface area contributed by atoms with Gasteiger partial charge in [0.25, 0.3) is 17.7 Å². The zero-order chi connectivity index (χ0) is 43.3. The van der Waals surface area contributed by atoms with Crippen LogP contribution in [0.1, 0.15) is 42.7 Å². The minimum atomic E-state index is -1.99. The summed E-state index contributed by atoms with van der Waals surface area (Å²) in [5, 5.41) is 99.1. The molecule has 12 N–H and O–H groups in total. The Balaban J connectivity index is 1.42. The van der Waals surface area contributed by atoms with Gasteiger partial charge in [0, 0.05) is 11.3 Å². The number of benzene rings is 3. The van der Waals surface area contributed by atoms with Gasteiger partial charge in [-0.15, -0.1) is 0 Å². The molecule has 3 unspecified atom stereocenters. The van der Waals surface area contributed by atoms with Crippen molar-refractivity contribution in [1.29, 1.82) is 0 Å². The van der Waals surface area contributed by atoms with Crippen molar-refractivity contribution in [2.75, 3.05) is 25.6 Å². The largest absolute Gasteiger partial charge is 0.504 e. The number of para-hydroxylation sites is 2. The fourth-order valence-electron chi connectivity index (χ4n) is 5.81. The molecule has 2 saturated heterocycles. The van der Waals surface area contributed by atoms with Crippen molar-refractivity contribution in [3.63, 3.8) is 0 Å². The molecule has 0 saturated carbocycles. The first-order valence-electron chi connectivity index (χ1n) is 17.2. The van der Waals surface area contributed by atoms with Gasteiger partial charge in [-0.05, 0) is 30.3 Å². The average Bonchev–Trinajstić information content (AvgIpc) is 3.21. The maximum atomic E-state index is 13.5. The van der Waals surface area contributed by atoms with Gasteiger partial charge in [0.05, 0.1) is 22.8 Å². The first kappa shape index (κ1) is 43.6. The first-order chi connectivity index (χ1) is 27.9. The van der Waals surface area contributed by atoms with Crippen molar-refractivity contribution < 1.29 is 93.7 Å². The van der Waals surface area contributed by atoms with Crippen molar-refractivity contribution in [2.45, 2.75) is 48.6 Å². The van der Waals surface area contributed by atoms with E-state index in [9.17, 15) is 74.7 Å². The van der Waals surface area contributed by atoms with Crippen LogP contribution >= 0.6 is 12.6 Å². The molecule has 2 aliphatic heterocycles. The summed E-state index contributed by atoms with van der Waals surface area (Å²) in [6, 6.07) is 2.74. The molecule has 8 atom stereocenters. The van der Waals surface area contributed by atoms with Crippen molar-refractivity contribution >= 4 is 48.3 Å². The van der Waals surface area contributed by atoms with Crippen LogP contribution in [-0.4, -0.2) is 150 Å². The Kier molecular flexibility index (Phi) is 13.6. The van der Waals surface area contributed by atoms with E-state index in [1.165, 1.54) is 12.1 Å². The third kappa shape index (κ3) is 9.45. The number of hydrogen-bond acceptors (Lipinski definition) is 20. The fourth-order valence-corrected chi connectivity index (χ4v) is 6.11. The third-order valence-corrected chi connectivity index (χ3v) is 9.45. The molecule has 5 rings (SSSR count). The molecule has 2 fully saturated rings. The first-order valence-corrected chi connectivity index (χ1v) is 17.9. The van der Waals surface area contributed by atoms with Gasteiger partial charge < -0.3 is 80.9 Å². The van der Waals surface area contributed by atoms with Gasteiger partial charge in [0.15, 0.2) is 52.6 Å². The van der Waals surface area contributed by atoms with Crippen LogP contribution in [0.5, 0.6) is 34.5 Å². The van der Waals surface area contributed by atoms with Crippen LogP contribution in [0.2, 0.25) is 0 Å². The number of rotatable bonds is 8. The molecule has 0 aliphatic carbocycles. The molecule has 23 heteroatoms. The molecule has 316 valence electrons. The highest BCUT2D eigenvalue weighted by Crippen LogP contribution is 2.42. The molecule has 3 amide bonds. The van der Waals surface area contributed by atoms with E-state index >= 15 is 0 Å². The Bertz CT molecular complexity index is 2070. The summed E-state index contributed by atoms with van der Waals surface area (Å²) in [5.41, 5.74) is -2.10. The predicted octanol–water partition coefficient (Wildman–Crippen LogP) is -2.29. The number of hydrogen-bond donors (Lipinski definition) is 13. The second-order valence-corrected chi connectivity index (χ2v) is 13.3. The van der Waals surface area contributed by atoms with E-state index < -0.39 is 155 Å². The van der Waals surface area contributed by atoms with Crippen molar-refractivity contribution in [3.8, 4) is 34.5 Å². The summed E-state index contributed by atoms with van der Waals surface area (Å²) in [5.74, 6) is -13.3. The van der Waals surface area contributed by atoms with Gasteiger partial charge in [-0.2, -0.15) is 12.6 Å². The smallest absolute Gasteiger partial charge is 0.332 e. The molecular weight excluding hydrogens is 810 g/mol. The SMILES string of the molecule is O=C(NC1COC(=O)C(NC(=O)c2cccc(O)c2O)COC(=O)C(NC(=O)c2ccc([C@@H]3O[C@H](CS)[C@@H](O)[C@H](O)[C@H]3O)c(O)c2O)COC1=O)c1cccc(O)c1O. The monoisotopic (exact) mass is 847 g/mol. The number of carbonyl (C=O) groups is 6. The number of aromatic hydroxyl groups is 6. The normalized spacial score (nSPS) is 25.2. The second kappa shape index (κ2) is 18.4. The summed E-state index contributed by atoms with van der Waals surface area (Å²) >= 11 is 4.03. The van der Waals surface area contributed by atoms with E-state index in [1.54, 1.807) is 0 Å². The van der Waals surface area contributed by atoms with Gasteiger partial charge in [-0.25, -0.2) is 14.4 Å². The molecule has 3 aromatic rings. The number of carbonyl (C=O) groups excluding carboxylic acids is 6. The molecule has 0 aromatic heterocycles. The highest BCUT2D eigenvalue weighted by atomic mass is 32.1. The lowest BCUT2D eigenvalue weighted by Gasteiger charge is -2.40. The van der Waals surface area contributed by atoms with Crippen LogP contribution in [0.4, 0.5) is 0 Å². The average molecular weight is 848 g/mol. The molecule has 3 aromatic carbocycles. The number of esters is 3. The number of phenols is 6. The summed E-state index contributed by atoms with van der Waals surface area (Å²) in [6.07, 6.45) is -7.79. The topological polar surface area (TPSA) is 358 Å². The van der Waals surface area contributed by atoms with E-state index in [2.05, 4.69) is 28.6 Å². The van der Waals surface area contributed by atoms with E-state index in [4.69, 9.17) is 18.9 Å². The van der Waals surface area contributed by atoms with Crippen LogP contribution in [0.15, 0.2) is 48.5 Å². The summed E-state index contributed by atoms with van der Waals surface area (Å²) < 4.78 is 21.0. The number of thiol groups is 1. The van der Waals surface area contributed by atoms with Crippen molar-refractivity contribution in [2.24, 2.45) is 0 Å². The summed E-state index contributed by atoms with van der Waals surface area (Å²) in [7, 11) is 0. The van der Waals surface area contributed by atoms with Crippen molar-refractivity contribution in [1.82, 2.24) is 16.0 Å². The number of cyclic esters (lactones) is 3. The highest BCUT2D eigenvalue weighted by molar-refractivity contribution is 7.80. The van der Waals surface area contributed by atoms with Gasteiger partial charge >= 0.3 is 17.9 Å². The van der Waals surface area contributed by atoms with Crippen molar-refractivity contribution in [3.05, 3.63) is 70.8 Å². The van der Waals surface area contributed by atoms with E-state index in [1.807, 2.05) is 0 Å². The summed E-state index contributed by atoms with van der Waals surface area (Å²) in [4.78, 5) is 79.5. The lowest BCUT2D eigenvalue weighted by Crippen LogP contribution is -2.54. The van der Waals surface area contributed by atoms with Crippen LogP contribution in [0.3, 0.4) is 0 Å². The fraction of sp³-hybridized carbons (Fsp3) is 0.333. The molecule has 0 bridgehead atoms. The highest BCUT2D eigenvalue weighted by Gasteiger charge is 2.45. The minimum absolute atomic E-state index is 0.125. The Morgan fingerprint density at radius 1 is 0.559 bits per heavy atom. The van der Waals surface area contributed by atoms with Gasteiger partial charge in [-0.3, -0.25) is 14.4 Å². The van der Waals surface area contributed by atoms with Crippen LogP contribution < -0.4 is 16.0 Å². The number of amides is 3. The van der Waals surface area contributed by atoms with Gasteiger partial charge in [0.1, 0.15) is 44.2 Å². The van der Waals surface area contributed by atoms with Crippen LogP contribution in [0.25, 0.3) is 0 Å². The van der Waals surface area contributed by atoms with E-state index in [-0.39, 0.29) is 11.3 Å². The zero-order valence-electron chi connectivity index (χ0n) is 30.1. The minimum Gasteiger partial charge on any atom is -0.504 e. The van der Waals surface area contributed by atoms with Gasteiger partial charge in [-0.1, -0.05) is 18.2 Å². The quantitative estimate of drug-likeness (QED) is 0.0491. The molecule has 0 spiro atoms. The molecule has 59 heavy (non-hydrogen) atoms. The van der Waals surface area contributed by atoms with Crippen LogP contribution in [-0.2, 0) is 33.3 Å². The Labute approximate surface area is 336 Å². The second-order valence-electron chi connectivity index (χ2n) is 13.0. The van der Waals surface area contributed by atoms with Gasteiger partial charge in [0.2, 0.25) is 0 Å². The number of aliphatic hydroxyl groups excluding tert-OH is 3.